The number of hydrogen-bond donors (Lipinski definition) is 0. The molecular formula is C7H15NO2Si. The topological polar surface area (TPSA) is 42.2 Å². The highest BCUT2D eigenvalue weighted by Gasteiger charge is 2.30. The van der Waals surface area contributed by atoms with E-state index >= 15 is 0 Å². The average Bonchev–Trinajstić information content (AvgIpc) is 2.04. The quantitative estimate of drug-likeness (QED) is 0.605. The van der Waals surface area contributed by atoms with Crippen LogP contribution < -0.4 is 0 Å². The monoisotopic (exact) mass is 173 g/mol. The van der Waals surface area contributed by atoms with Crippen LogP contribution in [0.1, 0.15) is 6.92 Å². The maximum atomic E-state index is 8.55. The Morgan fingerprint density at radius 3 is 2.18 bits per heavy atom. The van der Waals surface area contributed by atoms with Gasteiger partial charge in [0.2, 0.25) is 0 Å². The summed E-state index contributed by atoms with van der Waals surface area (Å²) in [5.41, 5.74) is 0. The van der Waals surface area contributed by atoms with Gasteiger partial charge in [0.1, 0.15) is 0 Å². The van der Waals surface area contributed by atoms with Crippen LogP contribution in [0.4, 0.5) is 0 Å². The van der Waals surface area contributed by atoms with Gasteiger partial charge in [-0.15, -0.1) is 0 Å². The zero-order valence-electron chi connectivity index (χ0n) is 7.55. The van der Waals surface area contributed by atoms with E-state index in [0.717, 1.165) is 6.04 Å². The third kappa shape index (κ3) is 3.51. The molecule has 1 unspecified atom stereocenters. The van der Waals surface area contributed by atoms with Crippen LogP contribution in [-0.2, 0) is 8.85 Å². The fourth-order valence-electron chi connectivity index (χ4n) is 0.852. The van der Waals surface area contributed by atoms with Crippen molar-refractivity contribution in [1.29, 1.82) is 5.26 Å². The predicted molar refractivity (Wildman–Crippen MR) is 45.2 cm³/mol. The molecule has 1 atom stereocenters. The van der Waals surface area contributed by atoms with E-state index in [1.807, 2.05) is 13.5 Å². The summed E-state index contributed by atoms with van der Waals surface area (Å²) in [6.45, 7) is 3.84. The van der Waals surface area contributed by atoms with Crippen LogP contribution >= 0.6 is 0 Å². The van der Waals surface area contributed by atoms with Gasteiger partial charge in [-0.05, 0) is 13.5 Å². The minimum Gasteiger partial charge on any atom is -0.398 e. The summed E-state index contributed by atoms with van der Waals surface area (Å²) in [5, 5.41) is 8.55. The molecule has 0 saturated heterocycles. The molecule has 0 aromatic rings. The van der Waals surface area contributed by atoms with E-state index in [4.69, 9.17) is 14.1 Å². The first-order chi connectivity index (χ1) is 5.08. The molecule has 0 aliphatic heterocycles. The van der Waals surface area contributed by atoms with Gasteiger partial charge in [-0.25, -0.2) is 0 Å². The Balaban J connectivity index is 3.99. The van der Waals surface area contributed by atoms with Crippen molar-refractivity contribution in [3.8, 4) is 6.07 Å². The highest BCUT2D eigenvalue weighted by Crippen LogP contribution is 2.17. The van der Waals surface area contributed by atoms with E-state index < -0.39 is 8.56 Å². The van der Waals surface area contributed by atoms with Crippen molar-refractivity contribution in [2.45, 2.75) is 19.5 Å². The first-order valence-corrected chi connectivity index (χ1v) is 6.10. The van der Waals surface area contributed by atoms with Crippen molar-refractivity contribution in [1.82, 2.24) is 0 Å². The van der Waals surface area contributed by atoms with E-state index in [1.165, 1.54) is 0 Å². The van der Waals surface area contributed by atoms with Gasteiger partial charge in [0.25, 0.3) is 0 Å². The lowest BCUT2D eigenvalue weighted by Gasteiger charge is -2.23. The molecule has 0 bridgehead atoms. The molecule has 0 fully saturated rings. The average molecular weight is 173 g/mol. The Kier molecular flexibility index (Phi) is 4.34. The van der Waals surface area contributed by atoms with Crippen LogP contribution in [0.25, 0.3) is 0 Å². The van der Waals surface area contributed by atoms with Gasteiger partial charge in [0.05, 0.1) is 6.07 Å². The largest absolute Gasteiger partial charge is 0.398 e. The minimum absolute atomic E-state index is 0.0200. The molecule has 4 heteroatoms. The summed E-state index contributed by atoms with van der Waals surface area (Å²) in [7, 11) is 1.27. The first-order valence-electron chi connectivity index (χ1n) is 3.58. The molecule has 0 heterocycles. The van der Waals surface area contributed by atoms with Crippen LogP contribution in [0.2, 0.25) is 12.6 Å². The smallest absolute Gasteiger partial charge is 0.335 e. The van der Waals surface area contributed by atoms with Crippen LogP contribution in [0.5, 0.6) is 0 Å². The zero-order valence-corrected chi connectivity index (χ0v) is 8.55. The lowest BCUT2D eigenvalue weighted by atomic mass is 10.3. The van der Waals surface area contributed by atoms with E-state index in [-0.39, 0.29) is 5.92 Å². The van der Waals surface area contributed by atoms with Gasteiger partial charge in [-0.2, -0.15) is 5.26 Å². The molecule has 0 N–H and O–H groups in total. The molecule has 0 aliphatic carbocycles. The molecule has 3 nitrogen and oxygen atoms in total. The molecule has 0 radical (unpaired) electrons. The van der Waals surface area contributed by atoms with Crippen LogP contribution in [-0.4, -0.2) is 22.8 Å². The minimum atomic E-state index is -2.00. The highest BCUT2D eigenvalue weighted by molar-refractivity contribution is 6.66. The first kappa shape index (κ1) is 10.6. The summed E-state index contributed by atoms with van der Waals surface area (Å²) in [5.74, 6) is 0.0200. The molecule has 0 aromatic heterocycles. The van der Waals surface area contributed by atoms with E-state index in [9.17, 15) is 0 Å². The standard InChI is InChI=1S/C7H15NO2Si/c1-7(5-8)6-11(4,9-2)10-3/h7H,6H2,1-4H3. The van der Waals surface area contributed by atoms with Gasteiger partial charge in [-0.3, -0.25) is 0 Å². The lowest BCUT2D eigenvalue weighted by molar-refractivity contribution is 0.246. The van der Waals surface area contributed by atoms with E-state index in [0.29, 0.717) is 0 Å². The molecule has 0 amide bonds. The van der Waals surface area contributed by atoms with E-state index in [2.05, 4.69) is 6.07 Å². The van der Waals surface area contributed by atoms with Crippen molar-refractivity contribution in [3.63, 3.8) is 0 Å². The summed E-state index contributed by atoms with van der Waals surface area (Å²) >= 11 is 0. The summed E-state index contributed by atoms with van der Waals surface area (Å²) in [6.07, 6.45) is 0. The highest BCUT2D eigenvalue weighted by atomic mass is 28.4. The second-order valence-corrected chi connectivity index (χ2v) is 6.27. The van der Waals surface area contributed by atoms with Crippen LogP contribution in [0.3, 0.4) is 0 Å². The maximum absolute atomic E-state index is 8.55. The lowest BCUT2D eigenvalue weighted by Crippen LogP contribution is -2.37. The molecular weight excluding hydrogens is 158 g/mol. The predicted octanol–water partition coefficient (Wildman–Crippen LogP) is 1.51. The van der Waals surface area contributed by atoms with Gasteiger partial charge >= 0.3 is 8.56 Å². The van der Waals surface area contributed by atoms with Gasteiger partial charge in [0.15, 0.2) is 0 Å². The van der Waals surface area contributed by atoms with E-state index in [1.54, 1.807) is 14.2 Å². The third-order valence-electron chi connectivity index (χ3n) is 1.76. The Morgan fingerprint density at radius 2 is 1.91 bits per heavy atom. The molecule has 11 heavy (non-hydrogen) atoms. The fraction of sp³-hybridized carbons (Fsp3) is 0.857. The molecule has 64 valence electrons. The Labute approximate surface area is 69.2 Å². The Bertz CT molecular complexity index is 151. The third-order valence-corrected chi connectivity index (χ3v) is 4.84. The summed E-state index contributed by atoms with van der Waals surface area (Å²) in [6, 6.07) is 2.90. The van der Waals surface area contributed by atoms with Crippen molar-refractivity contribution in [2.75, 3.05) is 14.2 Å². The van der Waals surface area contributed by atoms with Gasteiger partial charge in [-0.1, -0.05) is 0 Å². The number of nitriles is 1. The summed E-state index contributed by atoms with van der Waals surface area (Å²) < 4.78 is 10.4. The second-order valence-electron chi connectivity index (χ2n) is 2.78. The summed E-state index contributed by atoms with van der Waals surface area (Å²) in [4.78, 5) is 0. The van der Waals surface area contributed by atoms with Crippen LogP contribution in [0, 0.1) is 17.2 Å². The molecule has 0 aromatic carbocycles. The maximum Gasteiger partial charge on any atom is 0.335 e. The molecule has 0 saturated carbocycles. The molecule has 0 rings (SSSR count). The van der Waals surface area contributed by atoms with Crippen molar-refractivity contribution < 1.29 is 8.85 Å². The van der Waals surface area contributed by atoms with Crippen molar-refractivity contribution in [2.24, 2.45) is 5.92 Å². The molecule has 0 aliphatic rings. The SMILES string of the molecule is CO[Si](C)(CC(C)C#N)OC. The van der Waals surface area contributed by atoms with Crippen molar-refractivity contribution in [3.05, 3.63) is 0 Å². The number of hydrogen-bond acceptors (Lipinski definition) is 3. The van der Waals surface area contributed by atoms with Gasteiger partial charge < -0.3 is 8.85 Å². The Hall–Kier alpha value is -0.373. The fourth-order valence-corrected chi connectivity index (χ4v) is 2.56. The number of rotatable bonds is 4. The number of nitrogens with zero attached hydrogens (tertiary/aromatic N) is 1. The Morgan fingerprint density at radius 1 is 1.45 bits per heavy atom. The molecule has 0 spiro atoms. The van der Waals surface area contributed by atoms with Crippen LogP contribution in [0.15, 0.2) is 0 Å². The second kappa shape index (κ2) is 4.49. The van der Waals surface area contributed by atoms with Crippen molar-refractivity contribution >= 4 is 8.56 Å². The van der Waals surface area contributed by atoms with Gasteiger partial charge in [0, 0.05) is 26.2 Å². The zero-order chi connectivity index (χ0) is 8.91. The normalized spacial score (nSPS) is 14.1.